The van der Waals surface area contributed by atoms with Gasteiger partial charge in [0.1, 0.15) is 24.0 Å². The molecule has 0 saturated carbocycles. The maximum Gasteiger partial charge on any atom is 0.131 e. The topological polar surface area (TPSA) is 9.23 Å². The van der Waals surface area contributed by atoms with Gasteiger partial charge in [-0.2, -0.15) is 0 Å². The molecular formula is C13H9ClF2O. The van der Waals surface area contributed by atoms with E-state index in [4.69, 9.17) is 16.3 Å². The molecule has 4 heteroatoms. The highest BCUT2D eigenvalue weighted by Crippen LogP contribution is 2.21. The van der Waals surface area contributed by atoms with Crippen molar-refractivity contribution < 1.29 is 13.5 Å². The molecule has 0 atom stereocenters. The molecule has 0 radical (unpaired) electrons. The van der Waals surface area contributed by atoms with E-state index in [-0.39, 0.29) is 12.4 Å². The maximum absolute atomic E-state index is 13.4. The molecule has 2 rings (SSSR count). The van der Waals surface area contributed by atoms with Crippen LogP contribution in [0.15, 0.2) is 42.5 Å². The van der Waals surface area contributed by atoms with E-state index in [2.05, 4.69) is 0 Å². The predicted molar refractivity (Wildman–Crippen MR) is 62.1 cm³/mol. The summed E-state index contributed by atoms with van der Waals surface area (Å²) < 4.78 is 31.4. The fourth-order valence-corrected chi connectivity index (χ4v) is 1.57. The van der Waals surface area contributed by atoms with Gasteiger partial charge in [-0.1, -0.05) is 17.7 Å². The fourth-order valence-electron chi connectivity index (χ4n) is 1.36. The van der Waals surface area contributed by atoms with E-state index >= 15 is 0 Å². The summed E-state index contributed by atoms with van der Waals surface area (Å²) in [6, 6.07) is 9.94. The van der Waals surface area contributed by atoms with Crippen LogP contribution in [0.5, 0.6) is 5.75 Å². The summed E-state index contributed by atoms with van der Waals surface area (Å²) in [7, 11) is 0. The summed E-state index contributed by atoms with van der Waals surface area (Å²) in [4.78, 5) is 0. The lowest BCUT2D eigenvalue weighted by Crippen LogP contribution is -1.99. The molecule has 0 bridgehead atoms. The van der Waals surface area contributed by atoms with Crippen LogP contribution in [0.4, 0.5) is 8.78 Å². The zero-order valence-electron chi connectivity index (χ0n) is 8.79. The highest BCUT2D eigenvalue weighted by atomic mass is 35.5. The lowest BCUT2D eigenvalue weighted by Gasteiger charge is -2.08. The molecule has 0 saturated heterocycles. The van der Waals surface area contributed by atoms with Crippen LogP contribution in [0.1, 0.15) is 5.56 Å². The van der Waals surface area contributed by atoms with Gasteiger partial charge in [0, 0.05) is 5.56 Å². The molecule has 0 aliphatic rings. The third-order valence-corrected chi connectivity index (χ3v) is 2.61. The Labute approximate surface area is 103 Å². The van der Waals surface area contributed by atoms with Gasteiger partial charge in [0.25, 0.3) is 0 Å². The molecular weight excluding hydrogens is 246 g/mol. The molecule has 17 heavy (non-hydrogen) atoms. The van der Waals surface area contributed by atoms with Gasteiger partial charge in [-0.05, 0) is 36.4 Å². The van der Waals surface area contributed by atoms with E-state index in [0.29, 0.717) is 16.3 Å². The minimum absolute atomic E-state index is 0.0111. The minimum Gasteiger partial charge on any atom is -0.489 e. The zero-order chi connectivity index (χ0) is 12.3. The lowest BCUT2D eigenvalue weighted by atomic mass is 10.2. The first-order valence-electron chi connectivity index (χ1n) is 4.98. The molecule has 0 fully saturated rings. The Hall–Kier alpha value is -1.61. The fraction of sp³-hybridized carbons (Fsp3) is 0.0769. The van der Waals surface area contributed by atoms with Crippen molar-refractivity contribution in [3.63, 3.8) is 0 Å². The van der Waals surface area contributed by atoms with Gasteiger partial charge in [0.2, 0.25) is 0 Å². The largest absolute Gasteiger partial charge is 0.489 e. The van der Waals surface area contributed by atoms with Crippen LogP contribution >= 0.6 is 11.6 Å². The predicted octanol–water partition coefficient (Wildman–Crippen LogP) is 4.20. The van der Waals surface area contributed by atoms with Crippen LogP contribution in [-0.4, -0.2) is 0 Å². The molecule has 0 spiro atoms. The van der Waals surface area contributed by atoms with Gasteiger partial charge in [-0.25, -0.2) is 8.78 Å². The van der Waals surface area contributed by atoms with Gasteiger partial charge in [0.05, 0.1) is 5.02 Å². The average molecular weight is 255 g/mol. The van der Waals surface area contributed by atoms with Crippen LogP contribution < -0.4 is 4.74 Å². The molecule has 0 aliphatic heterocycles. The Morgan fingerprint density at radius 2 is 1.71 bits per heavy atom. The number of benzene rings is 2. The molecule has 1 nitrogen and oxygen atoms in total. The van der Waals surface area contributed by atoms with E-state index in [1.165, 1.54) is 36.4 Å². The van der Waals surface area contributed by atoms with Crippen molar-refractivity contribution in [2.45, 2.75) is 6.61 Å². The van der Waals surface area contributed by atoms with Crippen molar-refractivity contribution in [1.82, 2.24) is 0 Å². The van der Waals surface area contributed by atoms with Crippen molar-refractivity contribution in [1.29, 1.82) is 0 Å². The molecule has 0 aromatic heterocycles. The summed E-state index contributed by atoms with van der Waals surface area (Å²) in [5.41, 5.74) is 0.290. The van der Waals surface area contributed by atoms with Crippen molar-refractivity contribution in [2.75, 3.05) is 0 Å². The highest BCUT2D eigenvalue weighted by molar-refractivity contribution is 6.31. The smallest absolute Gasteiger partial charge is 0.131 e. The van der Waals surface area contributed by atoms with Gasteiger partial charge in [-0.3, -0.25) is 0 Å². The molecule has 88 valence electrons. The Morgan fingerprint density at radius 1 is 1.00 bits per heavy atom. The summed E-state index contributed by atoms with van der Waals surface area (Å²) >= 11 is 5.84. The summed E-state index contributed by atoms with van der Waals surface area (Å²) in [5.74, 6) is -0.299. The third-order valence-electron chi connectivity index (χ3n) is 2.26. The molecule has 2 aromatic carbocycles. The average Bonchev–Trinajstić information content (AvgIpc) is 2.31. The van der Waals surface area contributed by atoms with Crippen molar-refractivity contribution >= 4 is 11.6 Å². The van der Waals surface area contributed by atoms with Gasteiger partial charge in [0.15, 0.2) is 0 Å². The summed E-state index contributed by atoms with van der Waals surface area (Å²) in [6.45, 7) is 0.0111. The second-order valence-corrected chi connectivity index (χ2v) is 3.85. The zero-order valence-corrected chi connectivity index (χ0v) is 9.55. The number of halogens is 3. The quantitative estimate of drug-likeness (QED) is 0.798. The maximum atomic E-state index is 13.4. The Morgan fingerprint density at radius 3 is 2.35 bits per heavy atom. The van der Waals surface area contributed by atoms with Gasteiger partial charge >= 0.3 is 0 Å². The molecule has 0 aliphatic carbocycles. The standard InChI is InChI=1S/C13H9ClF2O/c14-12-2-1-3-13(16)11(12)8-17-10-6-4-9(15)5-7-10/h1-7H,8H2. The summed E-state index contributed by atoms with van der Waals surface area (Å²) in [5, 5.41) is 0.312. The van der Waals surface area contributed by atoms with E-state index in [9.17, 15) is 8.78 Å². The molecule has 0 amide bonds. The van der Waals surface area contributed by atoms with E-state index in [0.717, 1.165) is 0 Å². The van der Waals surface area contributed by atoms with Crippen LogP contribution in [0, 0.1) is 11.6 Å². The molecule has 2 aromatic rings. The first-order valence-corrected chi connectivity index (χ1v) is 5.36. The first kappa shape index (κ1) is 11.9. The van der Waals surface area contributed by atoms with Crippen LogP contribution in [-0.2, 0) is 6.61 Å². The van der Waals surface area contributed by atoms with Crippen LogP contribution in [0.3, 0.4) is 0 Å². The van der Waals surface area contributed by atoms with Crippen molar-refractivity contribution in [2.24, 2.45) is 0 Å². The van der Waals surface area contributed by atoms with Crippen molar-refractivity contribution in [3.05, 3.63) is 64.7 Å². The number of ether oxygens (including phenoxy) is 1. The third kappa shape index (κ3) is 2.94. The Balaban J connectivity index is 2.10. The van der Waals surface area contributed by atoms with E-state index < -0.39 is 5.82 Å². The second-order valence-electron chi connectivity index (χ2n) is 3.44. The van der Waals surface area contributed by atoms with Crippen LogP contribution in [0.25, 0.3) is 0 Å². The molecule has 0 N–H and O–H groups in total. The Bertz CT molecular complexity index is 491. The summed E-state index contributed by atoms with van der Waals surface area (Å²) in [6.07, 6.45) is 0. The first-order chi connectivity index (χ1) is 8.16. The normalized spacial score (nSPS) is 10.3. The molecule has 0 heterocycles. The van der Waals surface area contributed by atoms with Crippen molar-refractivity contribution in [3.8, 4) is 5.75 Å². The van der Waals surface area contributed by atoms with Gasteiger partial charge in [-0.15, -0.1) is 0 Å². The van der Waals surface area contributed by atoms with E-state index in [1.807, 2.05) is 0 Å². The lowest BCUT2D eigenvalue weighted by molar-refractivity contribution is 0.299. The van der Waals surface area contributed by atoms with Gasteiger partial charge < -0.3 is 4.74 Å². The number of hydrogen-bond donors (Lipinski definition) is 0. The number of rotatable bonds is 3. The number of hydrogen-bond acceptors (Lipinski definition) is 1. The monoisotopic (exact) mass is 254 g/mol. The van der Waals surface area contributed by atoms with E-state index in [1.54, 1.807) is 6.07 Å². The SMILES string of the molecule is Fc1ccc(OCc2c(F)cccc2Cl)cc1. The second kappa shape index (κ2) is 5.15. The minimum atomic E-state index is -0.417. The highest BCUT2D eigenvalue weighted by Gasteiger charge is 2.07. The van der Waals surface area contributed by atoms with Crippen LogP contribution in [0.2, 0.25) is 5.02 Å². The Kier molecular flexibility index (Phi) is 3.59. The molecule has 0 unspecified atom stereocenters.